The van der Waals surface area contributed by atoms with E-state index in [2.05, 4.69) is 15.8 Å². The average molecular weight is 413 g/mol. The van der Waals surface area contributed by atoms with Crippen molar-refractivity contribution in [1.29, 1.82) is 0 Å². The molecule has 3 aromatic rings. The van der Waals surface area contributed by atoms with Crippen LogP contribution in [0.15, 0.2) is 59.1 Å². The van der Waals surface area contributed by atoms with E-state index in [0.717, 1.165) is 5.56 Å². The Morgan fingerprint density at radius 2 is 1.76 bits per heavy atom. The Balaban J connectivity index is 1.57. The van der Waals surface area contributed by atoms with E-state index in [4.69, 9.17) is 21.9 Å². The van der Waals surface area contributed by atoms with E-state index in [1.54, 1.807) is 48.5 Å². The highest BCUT2D eigenvalue weighted by molar-refractivity contribution is 6.30. The highest BCUT2D eigenvalue weighted by Gasteiger charge is 2.14. The molecule has 0 fully saturated rings. The molecule has 8 nitrogen and oxygen atoms in total. The van der Waals surface area contributed by atoms with Gasteiger partial charge in [-0.05, 0) is 29.8 Å². The smallest absolute Gasteiger partial charge is 0.273 e. The van der Waals surface area contributed by atoms with E-state index < -0.39 is 17.7 Å². The number of amides is 3. The van der Waals surface area contributed by atoms with Crippen LogP contribution in [-0.2, 0) is 11.3 Å². The van der Waals surface area contributed by atoms with Crippen LogP contribution in [-0.4, -0.2) is 29.4 Å². The zero-order chi connectivity index (χ0) is 20.8. The molecule has 148 valence electrons. The van der Waals surface area contributed by atoms with Crippen molar-refractivity contribution in [1.82, 2.24) is 15.8 Å². The maximum atomic E-state index is 12.3. The van der Waals surface area contributed by atoms with Crippen molar-refractivity contribution < 1.29 is 18.9 Å². The summed E-state index contributed by atoms with van der Waals surface area (Å²) < 4.78 is 5.21. The number of hydrogen-bond donors (Lipinski definition) is 3. The van der Waals surface area contributed by atoms with Crippen molar-refractivity contribution in [3.05, 3.63) is 76.4 Å². The molecule has 1 heterocycles. The molecule has 9 heteroatoms. The van der Waals surface area contributed by atoms with Crippen molar-refractivity contribution >= 4 is 29.3 Å². The Labute approximate surface area is 171 Å². The number of benzene rings is 2. The normalized spacial score (nSPS) is 10.4. The van der Waals surface area contributed by atoms with Gasteiger partial charge in [-0.15, -0.1) is 0 Å². The fraction of sp³-hybridized carbons (Fsp3) is 0.100. The Morgan fingerprint density at radius 1 is 1.00 bits per heavy atom. The Hall–Kier alpha value is -3.65. The maximum Gasteiger partial charge on any atom is 0.273 e. The van der Waals surface area contributed by atoms with Gasteiger partial charge in [-0.3, -0.25) is 14.4 Å². The molecule has 0 aliphatic rings. The van der Waals surface area contributed by atoms with Gasteiger partial charge in [0.2, 0.25) is 5.91 Å². The number of nitrogens with two attached hydrogens (primary N) is 1. The van der Waals surface area contributed by atoms with E-state index in [1.165, 1.54) is 6.07 Å². The molecular formula is C20H17ClN4O4. The molecule has 0 unspecified atom stereocenters. The molecule has 2 aromatic carbocycles. The number of nitrogens with zero attached hydrogens (tertiary/aromatic N) is 1. The lowest BCUT2D eigenvalue weighted by Crippen LogP contribution is -2.33. The van der Waals surface area contributed by atoms with Crippen molar-refractivity contribution in [3.63, 3.8) is 0 Å². The van der Waals surface area contributed by atoms with E-state index in [-0.39, 0.29) is 18.8 Å². The Morgan fingerprint density at radius 3 is 2.45 bits per heavy atom. The minimum Gasteiger partial charge on any atom is -0.368 e. The molecule has 29 heavy (non-hydrogen) atoms. The van der Waals surface area contributed by atoms with Crippen molar-refractivity contribution in [2.75, 3.05) is 6.54 Å². The van der Waals surface area contributed by atoms with Crippen LogP contribution in [0.5, 0.6) is 0 Å². The van der Waals surface area contributed by atoms with Gasteiger partial charge in [-0.1, -0.05) is 41.0 Å². The summed E-state index contributed by atoms with van der Waals surface area (Å²) in [4.78, 5) is 34.8. The zero-order valence-electron chi connectivity index (χ0n) is 15.1. The zero-order valence-corrected chi connectivity index (χ0v) is 15.9. The van der Waals surface area contributed by atoms with Gasteiger partial charge in [0.1, 0.15) is 0 Å². The standard InChI is InChI=1S/C20H17ClN4O4/c21-15-3-1-2-14(8-15)17-9-16(25-29-17)20(28)23-10-12-4-6-13(7-5-12)19(27)24-11-18(22)26/h1-9H,10-11H2,(H2,22,26)(H,23,28)(H,24,27). The lowest BCUT2D eigenvalue weighted by molar-refractivity contribution is -0.117. The summed E-state index contributed by atoms with van der Waals surface area (Å²) in [6, 6.07) is 15.1. The van der Waals surface area contributed by atoms with Crippen LogP contribution in [0, 0.1) is 0 Å². The molecule has 0 saturated heterocycles. The number of carbonyl (C=O) groups is 3. The van der Waals surface area contributed by atoms with E-state index >= 15 is 0 Å². The van der Waals surface area contributed by atoms with Crippen LogP contribution >= 0.6 is 11.6 Å². The van der Waals surface area contributed by atoms with Gasteiger partial charge in [-0.2, -0.15) is 0 Å². The predicted octanol–water partition coefficient (Wildman–Crippen LogP) is 2.14. The summed E-state index contributed by atoms with van der Waals surface area (Å²) >= 11 is 5.96. The van der Waals surface area contributed by atoms with E-state index in [0.29, 0.717) is 21.9 Å². The van der Waals surface area contributed by atoms with Crippen LogP contribution in [0.25, 0.3) is 11.3 Å². The first-order valence-electron chi connectivity index (χ1n) is 8.58. The fourth-order valence-electron chi connectivity index (χ4n) is 2.48. The van der Waals surface area contributed by atoms with Crippen LogP contribution in [0.3, 0.4) is 0 Å². The molecule has 0 aliphatic carbocycles. The van der Waals surface area contributed by atoms with Crippen LogP contribution in [0.2, 0.25) is 5.02 Å². The van der Waals surface area contributed by atoms with Gasteiger partial charge < -0.3 is 20.9 Å². The number of aromatic nitrogens is 1. The summed E-state index contributed by atoms with van der Waals surface area (Å²) in [5.74, 6) is -0.992. The first-order valence-corrected chi connectivity index (χ1v) is 8.96. The molecule has 4 N–H and O–H groups in total. The lowest BCUT2D eigenvalue weighted by atomic mass is 10.1. The number of nitrogens with one attached hydrogen (secondary N) is 2. The topological polar surface area (TPSA) is 127 Å². The third kappa shape index (κ3) is 5.43. The maximum absolute atomic E-state index is 12.3. The molecular weight excluding hydrogens is 396 g/mol. The summed E-state index contributed by atoms with van der Waals surface area (Å²) in [6.45, 7) is 0.00684. The first kappa shape index (κ1) is 20.1. The molecule has 0 bridgehead atoms. The number of primary amides is 1. The van der Waals surface area contributed by atoms with Crippen LogP contribution in [0.1, 0.15) is 26.4 Å². The Bertz CT molecular complexity index is 1050. The largest absolute Gasteiger partial charge is 0.368 e. The van der Waals surface area contributed by atoms with Crippen molar-refractivity contribution in [3.8, 4) is 11.3 Å². The highest BCUT2D eigenvalue weighted by atomic mass is 35.5. The molecule has 0 spiro atoms. The van der Waals surface area contributed by atoms with E-state index in [1.807, 2.05) is 0 Å². The van der Waals surface area contributed by atoms with Gasteiger partial charge in [0.15, 0.2) is 11.5 Å². The molecule has 3 amide bonds. The van der Waals surface area contributed by atoms with Crippen LogP contribution in [0.4, 0.5) is 0 Å². The number of halogens is 1. The molecule has 1 aromatic heterocycles. The molecule has 0 atom stereocenters. The minimum atomic E-state index is -0.621. The number of rotatable bonds is 7. The molecule has 0 aliphatic heterocycles. The van der Waals surface area contributed by atoms with Gasteiger partial charge in [-0.25, -0.2) is 0 Å². The third-order valence-electron chi connectivity index (χ3n) is 3.94. The van der Waals surface area contributed by atoms with Gasteiger partial charge >= 0.3 is 0 Å². The summed E-state index contributed by atoms with van der Waals surface area (Å²) in [5.41, 5.74) is 7.01. The summed E-state index contributed by atoms with van der Waals surface area (Å²) in [6.07, 6.45) is 0. The number of hydrogen-bond acceptors (Lipinski definition) is 5. The van der Waals surface area contributed by atoms with Gasteiger partial charge in [0.05, 0.1) is 6.54 Å². The van der Waals surface area contributed by atoms with Gasteiger partial charge in [0.25, 0.3) is 11.8 Å². The highest BCUT2D eigenvalue weighted by Crippen LogP contribution is 2.23. The van der Waals surface area contributed by atoms with Crippen LogP contribution < -0.4 is 16.4 Å². The minimum absolute atomic E-state index is 0.141. The third-order valence-corrected chi connectivity index (χ3v) is 4.18. The number of carbonyl (C=O) groups excluding carboxylic acids is 3. The van der Waals surface area contributed by atoms with E-state index in [9.17, 15) is 14.4 Å². The second kappa shape index (κ2) is 9.03. The average Bonchev–Trinajstić information content (AvgIpc) is 3.21. The fourth-order valence-corrected chi connectivity index (χ4v) is 2.67. The second-order valence-corrected chi connectivity index (χ2v) is 6.55. The summed E-state index contributed by atoms with van der Waals surface area (Å²) in [7, 11) is 0. The molecule has 0 radical (unpaired) electrons. The van der Waals surface area contributed by atoms with Crippen molar-refractivity contribution in [2.45, 2.75) is 6.54 Å². The summed E-state index contributed by atoms with van der Waals surface area (Å²) in [5, 5.41) is 9.47. The lowest BCUT2D eigenvalue weighted by Gasteiger charge is -2.06. The monoisotopic (exact) mass is 412 g/mol. The Kier molecular flexibility index (Phi) is 6.25. The first-order chi connectivity index (χ1) is 13.9. The molecule has 0 saturated carbocycles. The van der Waals surface area contributed by atoms with Crippen molar-refractivity contribution in [2.24, 2.45) is 5.73 Å². The quantitative estimate of drug-likeness (QED) is 0.547. The van der Waals surface area contributed by atoms with Gasteiger partial charge in [0, 0.05) is 28.8 Å². The molecule has 3 rings (SSSR count). The second-order valence-electron chi connectivity index (χ2n) is 6.12. The SMILES string of the molecule is NC(=O)CNC(=O)c1ccc(CNC(=O)c2cc(-c3cccc(Cl)c3)on2)cc1. The predicted molar refractivity (Wildman–Crippen MR) is 106 cm³/mol.